The molecule has 0 saturated carbocycles. The number of benzene rings is 2. The molecule has 0 aromatic heterocycles. The SMILES string of the molecule is C[C@H](CC(=O)Cc1ccc(-c2ccccc2)cc1)C(=O)NC(C)(C)C. The second-order valence-electron chi connectivity index (χ2n) is 7.62. The fraction of sp³-hybridized carbons (Fsp3) is 0.364. The fourth-order valence-corrected chi connectivity index (χ4v) is 2.67. The van der Waals surface area contributed by atoms with Crippen LogP contribution in [0.4, 0.5) is 0 Å². The molecule has 1 N–H and O–H groups in total. The number of Topliss-reactive ketones (excluding diaryl/α,β-unsaturated/α-hetero) is 1. The third-order valence-electron chi connectivity index (χ3n) is 3.94. The van der Waals surface area contributed by atoms with Gasteiger partial charge in [0, 0.05) is 24.3 Å². The Hall–Kier alpha value is -2.42. The Morgan fingerprint density at radius 2 is 1.48 bits per heavy atom. The Morgan fingerprint density at radius 3 is 2.04 bits per heavy atom. The summed E-state index contributed by atoms with van der Waals surface area (Å²) in [5.41, 5.74) is 3.00. The molecule has 0 unspecified atom stereocenters. The van der Waals surface area contributed by atoms with Crippen LogP contribution in [-0.2, 0) is 16.0 Å². The second-order valence-corrected chi connectivity index (χ2v) is 7.62. The van der Waals surface area contributed by atoms with Crippen molar-refractivity contribution in [2.24, 2.45) is 5.92 Å². The standard InChI is InChI=1S/C22H27NO2/c1-16(21(25)23-22(2,3)4)14-20(24)15-17-10-12-19(13-11-17)18-8-6-5-7-9-18/h5-13,16H,14-15H2,1-4H3,(H,23,25)/t16-/m1/s1. The number of carbonyl (C=O) groups is 2. The third kappa shape index (κ3) is 6.18. The highest BCUT2D eigenvalue weighted by atomic mass is 16.2. The van der Waals surface area contributed by atoms with Gasteiger partial charge in [0.15, 0.2) is 0 Å². The number of amides is 1. The highest BCUT2D eigenvalue weighted by Crippen LogP contribution is 2.20. The Morgan fingerprint density at radius 1 is 0.920 bits per heavy atom. The van der Waals surface area contributed by atoms with E-state index >= 15 is 0 Å². The highest BCUT2D eigenvalue weighted by Gasteiger charge is 2.21. The molecule has 0 aliphatic carbocycles. The first-order valence-corrected chi connectivity index (χ1v) is 8.73. The van der Waals surface area contributed by atoms with Gasteiger partial charge in [-0.05, 0) is 37.5 Å². The number of hydrogen-bond acceptors (Lipinski definition) is 2. The van der Waals surface area contributed by atoms with Gasteiger partial charge in [0.05, 0.1) is 0 Å². The van der Waals surface area contributed by atoms with Crippen molar-refractivity contribution in [3.8, 4) is 11.1 Å². The second kappa shape index (κ2) is 8.11. The van der Waals surface area contributed by atoms with Gasteiger partial charge >= 0.3 is 0 Å². The van der Waals surface area contributed by atoms with Crippen LogP contribution in [0.15, 0.2) is 54.6 Å². The van der Waals surface area contributed by atoms with Crippen LogP contribution in [0.1, 0.15) is 39.7 Å². The maximum Gasteiger partial charge on any atom is 0.223 e. The molecule has 3 nitrogen and oxygen atoms in total. The summed E-state index contributed by atoms with van der Waals surface area (Å²) >= 11 is 0. The van der Waals surface area contributed by atoms with Crippen LogP contribution in [0, 0.1) is 5.92 Å². The van der Waals surface area contributed by atoms with Crippen molar-refractivity contribution in [2.45, 2.75) is 46.1 Å². The minimum atomic E-state index is -0.310. The summed E-state index contributed by atoms with van der Waals surface area (Å²) in [5, 5.41) is 2.92. The smallest absolute Gasteiger partial charge is 0.223 e. The van der Waals surface area contributed by atoms with E-state index in [9.17, 15) is 9.59 Å². The molecule has 2 rings (SSSR count). The van der Waals surface area contributed by atoms with E-state index in [2.05, 4.69) is 17.4 Å². The summed E-state index contributed by atoms with van der Waals surface area (Å²) in [4.78, 5) is 24.4. The van der Waals surface area contributed by atoms with E-state index in [1.807, 2.05) is 63.2 Å². The van der Waals surface area contributed by atoms with E-state index in [1.165, 1.54) is 0 Å². The lowest BCUT2D eigenvalue weighted by Gasteiger charge is -2.23. The predicted octanol–water partition coefficient (Wildman–Crippen LogP) is 4.41. The summed E-state index contributed by atoms with van der Waals surface area (Å²) < 4.78 is 0. The van der Waals surface area contributed by atoms with E-state index < -0.39 is 0 Å². The van der Waals surface area contributed by atoms with Crippen molar-refractivity contribution in [3.05, 3.63) is 60.2 Å². The van der Waals surface area contributed by atoms with Crippen molar-refractivity contribution < 1.29 is 9.59 Å². The van der Waals surface area contributed by atoms with E-state index in [1.54, 1.807) is 6.92 Å². The lowest BCUT2D eigenvalue weighted by Crippen LogP contribution is -2.43. The van der Waals surface area contributed by atoms with Crippen molar-refractivity contribution in [2.75, 3.05) is 0 Å². The lowest BCUT2D eigenvalue weighted by molar-refractivity contribution is -0.129. The zero-order valence-electron chi connectivity index (χ0n) is 15.5. The van der Waals surface area contributed by atoms with Crippen LogP contribution in [0.2, 0.25) is 0 Å². The van der Waals surface area contributed by atoms with Gasteiger partial charge in [-0.3, -0.25) is 9.59 Å². The first kappa shape index (κ1) is 18.9. The number of nitrogens with one attached hydrogen (secondary N) is 1. The molecular formula is C22H27NO2. The first-order chi connectivity index (χ1) is 11.7. The van der Waals surface area contributed by atoms with Gasteiger partial charge in [0.2, 0.25) is 5.91 Å². The molecule has 0 heterocycles. The summed E-state index contributed by atoms with van der Waals surface area (Å²) in [6.45, 7) is 7.62. The molecule has 0 spiro atoms. The van der Waals surface area contributed by atoms with Crippen LogP contribution in [-0.4, -0.2) is 17.2 Å². The molecule has 1 amide bonds. The number of carbonyl (C=O) groups excluding carboxylic acids is 2. The molecule has 1 atom stereocenters. The molecule has 25 heavy (non-hydrogen) atoms. The Bertz CT molecular complexity index is 712. The Labute approximate surface area is 150 Å². The van der Waals surface area contributed by atoms with Crippen molar-refractivity contribution in [1.29, 1.82) is 0 Å². The van der Waals surface area contributed by atoms with E-state index in [0.717, 1.165) is 16.7 Å². The van der Waals surface area contributed by atoms with Gasteiger partial charge in [0.25, 0.3) is 0 Å². The molecule has 2 aromatic carbocycles. The number of hydrogen-bond donors (Lipinski definition) is 1. The van der Waals surface area contributed by atoms with Gasteiger partial charge in [-0.25, -0.2) is 0 Å². The molecule has 3 heteroatoms. The summed E-state index contributed by atoms with van der Waals surface area (Å²) in [6.07, 6.45) is 0.630. The van der Waals surface area contributed by atoms with E-state index in [0.29, 0.717) is 6.42 Å². The zero-order valence-corrected chi connectivity index (χ0v) is 15.5. The van der Waals surface area contributed by atoms with Crippen molar-refractivity contribution >= 4 is 11.7 Å². The molecular weight excluding hydrogens is 310 g/mol. The van der Waals surface area contributed by atoms with Gasteiger partial charge in [-0.2, -0.15) is 0 Å². The fourth-order valence-electron chi connectivity index (χ4n) is 2.67. The van der Waals surface area contributed by atoms with E-state index in [4.69, 9.17) is 0 Å². The van der Waals surface area contributed by atoms with Gasteiger partial charge in [-0.15, -0.1) is 0 Å². The molecule has 0 bridgehead atoms. The lowest BCUT2D eigenvalue weighted by atomic mass is 9.96. The third-order valence-corrected chi connectivity index (χ3v) is 3.94. The Kier molecular flexibility index (Phi) is 6.13. The molecule has 0 fully saturated rings. The maximum atomic E-state index is 12.3. The van der Waals surface area contributed by atoms with Crippen molar-refractivity contribution in [3.63, 3.8) is 0 Å². The summed E-state index contributed by atoms with van der Waals surface area (Å²) in [6, 6.07) is 18.2. The average Bonchev–Trinajstić information content (AvgIpc) is 2.54. The maximum absolute atomic E-state index is 12.3. The van der Waals surface area contributed by atoms with Crippen LogP contribution < -0.4 is 5.32 Å². The molecule has 0 aliphatic heterocycles. The minimum Gasteiger partial charge on any atom is -0.351 e. The zero-order chi connectivity index (χ0) is 18.4. The van der Waals surface area contributed by atoms with Gasteiger partial charge in [0.1, 0.15) is 5.78 Å². The molecule has 0 saturated heterocycles. The Balaban J connectivity index is 1.91. The van der Waals surface area contributed by atoms with Crippen LogP contribution >= 0.6 is 0 Å². The van der Waals surface area contributed by atoms with Crippen molar-refractivity contribution in [1.82, 2.24) is 5.32 Å². The van der Waals surface area contributed by atoms with Gasteiger partial charge < -0.3 is 5.32 Å². The highest BCUT2D eigenvalue weighted by molar-refractivity contribution is 5.88. The normalized spacial score (nSPS) is 12.5. The number of rotatable bonds is 6. The average molecular weight is 337 g/mol. The van der Waals surface area contributed by atoms with Gasteiger partial charge in [-0.1, -0.05) is 61.5 Å². The topological polar surface area (TPSA) is 46.2 Å². The molecule has 2 aromatic rings. The number of ketones is 1. The largest absolute Gasteiger partial charge is 0.351 e. The molecule has 0 aliphatic rings. The molecule has 132 valence electrons. The summed E-state index contributed by atoms with van der Waals surface area (Å²) in [7, 11) is 0. The first-order valence-electron chi connectivity index (χ1n) is 8.73. The van der Waals surface area contributed by atoms with Crippen LogP contribution in [0.3, 0.4) is 0 Å². The van der Waals surface area contributed by atoms with Crippen LogP contribution in [0.5, 0.6) is 0 Å². The summed E-state index contributed by atoms with van der Waals surface area (Å²) in [5.74, 6) is -0.292. The predicted molar refractivity (Wildman–Crippen MR) is 102 cm³/mol. The van der Waals surface area contributed by atoms with Crippen LogP contribution in [0.25, 0.3) is 11.1 Å². The minimum absolute atomic E-state index is 0.0692. The monoisotopic (exact) mass is 337 g/mol. The van der Waals surface area contributed by atoms with E-state index in [-0.39, 0.29) is 29.6 Å². The molecule has 0 radical (unpaired) electrons. The quantitative estimate of drug-likeness (QED) is 0.849.